The summed E-state index contributed by atoms with van der Waals surface area (Å²) in [4.78, 5) is 12.4. The predicted molar refractivity (Wildman–Crippen MR) is 110 cm³/mol. The lowest BCUT2D eigenvalue weighted by atomic mass is 9.84. The van der Waals surface area contributed by atoms with Gasteiger partial charge in [0, 0.05) is 18.0 Å². The van der Waals surface area contributed by atoms with Gasteiger partial charge in [-0.2, -0.15) is 0 Å². The minimum Gasteiger partial charge on any atom is -0.454 e. The van der Waals surface area contributed by atoms with Gasteiger partial charge < -0.3 is 14.8 Å². The third-order valence-electron chi connectivity index (χ3n) is 4.74. The van der Waals surface area contributed by atoms with Crippen molar-refractivity contribution >= 4 is 22.0 Å². The monoisotopic (exact) mass is 416 g/mol. The number of fused-ring (bicyclic) bond motifs is 1. The van der Waals surface area contributed by atoms with E-state index < -0.39 is 10.0 Å². The van der Waals surface area contributed by atoms with Gasteiger partial charge in [-0.25, -0.2) is 13.1 Å². The first-order valence-electron chi connectivity index (χ1n) is 9.11. The molecular weight excluding hydrogens is 392 g/mol. The Morgan fingerprint density at radius 1 is 1.10 bits per heavy atom. The minimum atomic E-state index is -3.47. The lowest BCUT2D eigenvalue weighted by molar-refractivity contribution is -0.116. The summed E-state index contributed by atoms with van der Waals surface area (Å²) in [7, 11) is -2.11. The molecule has 1 amide bonds. The largest absolute Gasteiger partial charge is 0.454 e. The Balaban J connectivity index is 1.59. The quantitative estimate of drug-likeness (QED) is 0.676. The second-order valence-corrected chi connectivity index (χ2v) is 9.17. The number of rotatable bonds is 7. The molecule has 0 spiro atoms. The van der Waals surface area contributed by atoms with Crippen LogP contribution in [0.4, 0.5) is 0 Å². The van der Waals surface area contributed by atoms with Crippen LogP contribution < -0.4 is 19.5 Å². The molecule has 29 heavy (non-hydrogen) atoms. The fraction of sp³-hybridized carbons (Fsp3) is 0.286. The zero-order valence-electron chi connectivity index (χ0n) is 16.6. The van der Waals surface area contributed by atoms with Gasteiger partial charge in [0.2, 0.25) is 22.7 Å². The Morgan fingerprint density at radius 3 is 2.48 bits per heavy atom. The van der Waals surface area contributed by atoms with Crippen molar-refractivity contribution in [3.05, 3.63) is 59.7 Å². The zero-order valence-corrected chi connectivity index (χ0v) is 17.4. The van der Waals surface area contributed by atoms with Gasteiger partial charge in [0.25, 0.3) is 0 Å². The Morgan fingerprint density at radius 2 is 1.79 bits per heavy atom. The average Bonchev–Trinajstić information content (AvgIpc) is 3.19. The first kappa shape index (κ1) is 20.9. The molecule has 0 bridgehead atoms. The van der Waals surface area contributed by atoms with E-state index in [0.717, 1.165) is 16.9 Å². The van der Waals surface area contributed by atoms with Crippen LogP contribution in [-0.2, 0) is 20.2 Å². The molecule has 154 valence electrons. The number of carbonyl (C=O) groups excluding carboxylic acids is 1. The molecule has 7 nitrogen and oxygen atoms in total. The van der Waals surface area contributed by atoms with Crippen molar-refractivity contribution < 1.29 is 22.7 Å². The number of benzene rings is 2. The van der Waals surface area contributed by atoms with Gasteiger partial charge in [-0.1, -0.05) is 32.0 Å². The lowest BCUT2D eigenvalue weighted by Gasteiger charge is -2.25. The van der Waals surface area contributed by atoms with E-state index in [4.69, 9.17) is 9.47 Å². The van der Waals surface area contributed by atoms with E-state index in [2.05, 4.69) is 10.0 Å². The maximum Gasteiger partial charge on any atom is 0.244 e. The summed E-state index contributed by atoms with van der Waals surface area (Å²) >= 11 is 0. The molecule has 2 aromatic rings. The standard InChI is InChI=1S/C21H24N2O5S/c1-21(2,16-7-10-18-19(12-16)28-14-27-18)13-23-20(24)11-6-15-4-8-17(9-5-15)29(25,26)22-3/h4-12,22H,13-14H2,1-3H3,(H,23,24)/b11-6+. The SMILES string of the molecule is CNS(=O)(=O)c1ccc(/C=C/C(=O)NCC(C)(C)c2ccc3c(c2)OCO3)cc1. The number of amides is 1. The van der Waals surface area contributed by atoms with Crippen LogP contribution in [0.1, 0.15) is 25.0 Å². The third kappa shape index (κ3) is 4.96. The number of ether oxygens (including phenoxy) is 2. The lowest BCUT2D eigenvalue weighted by Crippen LogP contribution is -2.35. The molecule has 1 heterocycles. The second-order valence-electron chi connectivity index (χ2n) is 7.28. The highest BCUT2D eigenvalue weighted by Gasteiger charge is 2.24. The van der Waals surface area contributed by atoms with Crippen molar-refractivity contribution in [1.82, 2.24) is 10.0 Å². The molecule has 0 unspecified atom stereocenters. The smallest absolute Gasteiger partial charge is 0.244 e. The van der Waals surface area contributed by atoms with E-state index in [0.29, 0.717) is 12.3 Å². The molecule has 2 N–H and O–H groups in total. The van der Waals surface area contributed by atoms with Gasteiger partial charge in [0.05, 0.1) is 4.90 Å². The molecule has 2 aromatic carbocycles. The van der Waals surface area contributed by atoms with E-state index in [1.54, 1.807) is 18.2 Å². The van der Waals surface area contributed by atoms with Gasteiger partial charge in [-0.3, -0.25) is 4.79 Å². The molecular formula is C21H24N2O5S. The number of hydrogen-bond donors (Lipinski definition) is 2. The Labute approximate surface area is 170 Å². The van der Waals surface area contributed by atoms with Crippen LogP contribution in [-0.4, -0.2) is 34.7 Å². The van der Waals surface area contributed by atoms with E-state index in [1.165, 1.54) is 25.3 Å². The van der Waals surface area contributed by atoms with Crippen molar-refractivity contribution in [2.75, 3.05) is 20.4 Å². The summed E-state index contributed by atoms with van der Waals surface area (Å²) in [5.74, 6) is 1.21. The maximum atomic E-state index is 12.2. The van der Waals surface area contributed by atoms with Gasteiger partial charge in [0.1, 0.15) is 0 Å². The van der Waals surface area contributed by atoms with E-state index in [9.17, 15) is 13.2 Å². The highest BCUT2D eigenvalue weighted by atomic mass is 32.2. The summed E-state index contributed by atoms with van der Waals surface area (Å²) in [6, 6.07) is 12.0. The molecule has 0 aliphatic carbocycles. The molecule has 8 heteroatoms. The van der Waals surface area contributed by atoms with Gasteiger partial charge in [-0.15, -0.1) is 0 Å². The zero-order chi connectivity index (χ0) is 21.1. The Kier molecular flexibility index (Phi) is 5.95. The summed E-state index contributed by atoms with van der Waals surface area (Å²) < 4.78 is 36.5. The van der Waals surface area contributed by atoms with Gasteiger partial charge in [-0.05, 0) is 48.5 Å². The Bertz CT molecular complexity index is 1030. The molecule has 0 radical (unpaired) electrons. The Hall–Kier alpha value is -2.84. The second kappa shape index (κ2) is 8.26. The van der Waals surface area contributed by atoms with Gasteiger partial charge in [0.15, 0.2) is 11.5 Å². The molecule has 0 atom stereocenters. The van der Waals surface area contributed by atoms with Crippen LogP contribution in [0.3, 0.4) is 0 Å². The van der Waals surface area contributed by atoms with Crippen molar-refractivity contribution in [3.8, 4) is 11.5 Å². The minimum absolute atomic E-state index is 0.173. The van der Waals surface area contributed by atoms with Crippen molar-refractivity contribution in [2.45, 2.75) is 24.2 Å². The highest BCUT2D eigenvalue weighted by Crippen LogP contribution is 2.36. The number of nitrogens with one attached hydrogen (secondary N) is 2. The topological polar surface area (TPSA) is 93.7 Å². The van der Waals surface area contributed by atoms with Crippen molar-refractivity contribution in [2.24, 2.45) is 0 Å². The molecule has 1 aliphatic heterocycles. The third-order valence-corrected chi connectivity index (χ3v) is 6.18. The molecule has 0 saturated carbocycles. The van der Waals surface area contributed by atoms with E-state index >= 15 is 0 Å². The van der Waals surface area contributed by atoms with Crippen LogP contribution in [0.2, 0.25) is 0 Å². The molecule has 0 saturated heterocycles. The maximum absolute atomic E-state index is 12.2. The number of sulfonamides is 1. The van der Waals surface area contributed by atoms with Crippen LogP contribution in [0.25, 0.3) is 6.08 Å². The van der Waals surface area contributed by atoms with Crippen LogP contribution in [0, 0.1) is 0 Å². The van der Waals surface area contributed by atoms with Gasteiger partial charge >= 0.3 is 0 Å². The van der Waals surface area contributed by atoms with Crippen LogP contribution in [0.15, 0.2) is 53.4 Å². The first-order valence-corrected chi connectivity index (χ1v) is 10.6. The summed E-state index contributed by atoms with van der Waals surface area (Å²) in [5.41, 5.74) is 1.46. The average molecular weight is 416 g/mol. The molecule has 0 aromatic heterocycles. The number of hydrogen-bond acceptors (Lipinski definition) is 5. The van der Waals surface area contributed by atoms with Crippen molar-refractivity contribution in [1.29, 1.82) is 0 Å². The normalized spacial score (nSPS) is 13.6. The fourth-order valence-electron chi connectivity index (χ4n) is 2.83. The first-order chi connectivity index (χ1) is 13.7. The fourth-order valence-corrected chi connectivity index (χ4v) is 3.56. The predicted octanol–water partition coefficient (Wildman–Crippen LogP) is 2.43. The highest BCUT2D eigenvalue weighted by molar-refractivity contribution is 7.89. The molecule has 3 rings (SSSR count). The molecule has 1 aliphatic rings. The molecule has 0 fully saturated rings. The summed E-state index contributed by atoms with van der Waals surface area (Å²) in [6.45, 7) is 4.74. The van der Waals surface area contributed by atoms with Crippen LogP contribution >= 0.6 is 0 Å². The summed E-state index contributed by atoms with van der Waals surface area (Å²) in [5, 5.41) is 2.90. The van der Waals surface area contributed by atoms with E-state index in [1.807, 2.05) is 32.0 Å². The van der Waals surface area contributed by atoms with Crippen molar-refractivity contribution in [3.63, 3.8) is 0 Å². The van der Waals surface area contributed by atoms with Crippen LogP contribution in [0.5, 0.6) is 11.5 Å². The summed E-state index contributed by atoms with van der Waals surface area (Å²) in [6.07, 6.45) is 3.07. The van der Waals surface area contributed by atoms with E-state index in [-0.39, 0.29) is 23.0 Å². The number of carbonyl (C=O) groups is 1.